The molecule has 3 heterocycles. The van der Waals surface area contributed by atoms with E-state index in [9.17, 15) is 0 Å². The van der Waals surface area contributed by atoms with Crippen LogP contribution in [0.1, 0.15) is 6.42 Å². The van der Waals surface area contributed by atoms with Crippen LogP contribution in [0.3, 0.4) is 0 Å². The number of nitrogens with one attached hydrogen (secondary N) is 1. The fraction of sp³-hybridized carbons (Fsp3) is 0.308. The maximum absolute atomic E-state index is 5.92. The van der Waals surface area contributed by atoms with Gasteiger partial charge < -0.3 is 16.0 Å². The van der Waals surface area contributed by atoms with Crippen LogP contribution in [0.15, 0.2) is 36.9 Å². The molecule has 98 valence electrons. The van der Waals surface area contributed by atoms with Gasteiger partial charge in [0.2, 0.25) is 0 Å². The van der Waals surface area contributed by atoms with Gasteiger partial charge in [0.25, 0.3) is 0 Å². The summed E-state index contributed by atoms with van der Waals surface area (Å²) in [7, 11) is 0. The van der Waals surface area contributed by atoms with Gasteiger partial charge in [0.15, 0.2) is 0 Å². The Morgan fingerprint density at radius 1 is 1.26 bits per heavy atom. The van der Waals surface area contributed by atoms with Crippen molar-refractivity contribution < 1.29 is 0 Å². The smallest absolute Gasteiger partial charge is 0.135 e. The Morgan fingerprint density at radius 3 is 2.84 bits per heavy atom. The minimum atomic E-state index is 0.242. The van der Waals surface area contributed by atoms with Gasteiger partial charge in [-0.3, -0.25) is 4.98 Å². The summed E-state index contributed by atoms with van der Waals surface area (Å²) in [6.07, 6.45) is 6.06. The Bertz CT molecular complexity index is 544. The highest BCUT2D eigenvalue weighted by Crippen LogP contribution is 2.20. The third-order valence-corrected chi connectivity index (χ3v) is 3.15. The largest absolute Gasteiger partial charge is 0.355 e. The van der Waals surface area contributed by atoms with Crippen LogP contribution in [0.2, 0.25) is 0 Å². The zero-order valence-electron chi connectivity index (χ0n) is 10.5. The van der Waals surface area contributed by atoms with Crippen LogP contribution in [0.4, 0.5) is 17.3 Å². The van der Waals surface area contributed by atoms with E-state index in [0.717, 1.165) is 36.8 Å². The van der Waals surface area contributed by atoms with Crippen molar-refractivity contribution in [1.82, 2.24) is 15.0 Å². The molecule has 0 radical (unpaired) electrons. The van der Waals surface area contributed by atoms with Crippen molar-refractivity contribution in [2.24, 2.45) is 5.73 Å². The number of rotatable bonds is 3. The first-order valence-electron chi connectivity index (χ1n) is 6.31. The third kappa shape index (κ3) is 2.79. The van der Waals surface area contributed by atoms with Crippen LogP contribution in [-0.2, 0) is 0 Å². The van der Waals surface area contributed by atoms with Crippen molar-refractivity contribution in [3.63, 3.8) is 0 Å². The van der Waals surface area contributed by atoms with E-state index in [1.54, 1.807) is 18.7 Å². The standard InChI is InChI=1S/C13H16N6/c14-10-3-6-19(8-10)13-7-12(16-9-17-13)18-11-1-4-15-5-2-11/h1-2,4-5,7,9-10H,3,6,8,14H2,(H,15,16,17,18). The molecule has 1 saturated heterocycles. The zero-order chi connectivity index (χ0) is 13.1. The molecule has 1 unspecified atom stereocenters. The van der Waals surface area contributed by atoms with Gasteiger partial charge in [0.05, 0.1) is 0 Å². The van der Waals surface area contributed by atoms with Gasteiger partial charge in [0.1, 0.15) is 18.0 Å². The van der Waals surface area contributed by atoms with Crippen molar-refractivity contribution in [1.29, 1.82) is 0 Å². The van der Waals surface area contributed by atoms with Crippen molar-refractivity contribution in [2.45, 2.75) is 12.5 Å². The number of nitrogens with two attached hydrogens (primary N) is 1. The average molecular weight is 256 g/mol. The van der Waals surface area contributed by atoms with E-state index in [4.69, 9.17) is 5.73 Å². The number of aromatic nitrogens is 3. The van der Waals surface area contributed by atoms with E-state index in [0.29, 0.717) is 0 Å². The van der Waals surface area contributed by atoms with Crippen LogP contribution in [0.25, 0.3) is 0 Å². The predicted molar refractivity (Wildman–Crippen MR) is 74.4 cm³/mol. The third-order valence-electron chi connectivity index (χ3n) is 3.15. The van der Waals surface area contributed by atoms with Crippen LogP contribution in [0.5, 0.6) is 0 Å². The number of hydrogen-bond acceptors (Lipinski definition) is 6. The Morgan fingerprint density at radius 2 is 2.11 bits per heavy atom. The van der Waals surface area contributed by atoms with Crippen LogP contribution < -0.4 is 16.0 Å². The molecule has 0 aliphatic carbocycles. The van der Waals surface area contributed by atoms with E-state index < -0.39 is 0 Å². The topological polar surface area (TPSA) is 80.0 Å². The second-order valence-corrected chi connectivity index (χ2v) is 4.62. The molecular formula is C13H16N6. The van der Waals surface area contributed by atoms with Gasteiger partial charge in [-0.1, -0.05) is 0 Å². The normalized spacial score (nSPS) is 18.6. The van der Waals surface area contributed by atoms with E-state index in [-0.39, 0.29) is 6.04 Å². The molecule has 0 saturated carbocycles. The summed E-state index contributed by atoms with van der Waals surface area (Å²) in [6.45, 7) is 1.80. The van der Waals surface area contributed by atoms with Gasteiger partial charge in [-0.05, 0) is 18.6 Å². The molecule has 0 spiro atoms. The molecular weight excluding hydrogens is 240 g/mol. The second kappa shape index (κ2) is 5.19. The Kier molecular flexibility index (Phi) is 3.24. The quantitative estimate of drug-likeness (QED) is 0.857. The van der Waals surface area contributed by atoms with Crippen LogP contribution >= 0.6 is 0 Å². The van der Waals surface area contributed by atoms with E-state index >= 15 is 0 Å². The van der Waals surface area contributed by atoms with Gasteiger partial charge >= 0.3 is 0 Å². The van der Waals surface area contributed by atoms with Gasteiger partial charge in [-0.25, -0.2) is 9.97 Å². The molecule has 1 aliphatic rings. The van der Waals surface area contributed by atoms with Gasteiger partial charge in [-0.2, -0.15) is 0 Å². The highest BCUT2D eigenvalue weighted by atomic mass is 15.2. The maximum atomic E-state index is 5.92. The lowest BCUT2D eigenvalue weighted by atomic mass is 10.3. The molecule has 6 heteroatoms. The average Bonchev–Trinajstić information content (AvgIpc) is 2.87. The molecule has 1 atom stereocenters. The first-order chi connectivity index (χ1) is 9.31. The molecule has 2 aromatic rings. The molecule has 2 aromatic heterocycles. The molecule has 0 bridgehead atoms. The van der Waals surface area contributed by atoms with E-state index in [1.165, 1.54) is 0 Å². The fourth-order valence-electron chi connectivity index (χ4n) is 2.17. The van der Waals surface area contributed by atoms with E-state index in [1.807, 2.05) is 18.2 Å². The molecule has 3 rings (SSSR count). The SMILES string of the molecule is NC1CCN(c2cc(Nc3ccncc3)ncn2)C1. The molecule has 1 aliphatic heterocycles. The summed E-state index contributed by atoms with van der Waals surface area (Å²) in [6, 6.07) is 5.98. The summed E-state index contributed by atoms with van der Waals surface area (Å²) in [5.74, 6) is 1.69. The van der Waals surface area contributed by atoms with Gasteiger partial charge in [0, 0.05) is 43.3 Å². The number of pyridine rings is 1. The van der Waals surface area contributed by atoms with Crippen molar-refractivity contribution >= 4 is 17.3 Å². The summed E-state index contributed by atoms with van der Waals surface area (Å²) in [5, 5.41) is 3.23. The first-order valence-corrected chi connectivity index (χ1v) is 6.31. The highest BCUT2D eigenvalue weighted by molar-refractivity contribution is 5.58. The monoisotopic (exact) mass is 256 g/mol. The molecule has 6 nitrogen and oxygen atoms in total. The second-order valence-electron chi connectivity index (χ2n) is 4.62. The molecule has 1 fully saturated rings. The molecule has 3 N–H and O–H groups in total. The lowest BCUT2D eigenvalue weighted by Gasteiger charge is -2.17. The van der Waals surface area contributed by atoms with Crippen molar-refractivity contribution in [3.05, 3.63) is 36.9 Å². The minimum Gasteiger partial charge on any atom is -0.355 e. The highest BCUT2D eigenvalue weighted by Gasteiger charge is 2.20. The van der Waals surface area contributed by atoms with Crippen LogP contribution in [-0.4, -0.2) is 34.1 Å². The van der Waals surface area contributed by atoms with Crippen molar-refractivity contribution in [2.75, 3.05) is 23.3 Å². The Hall–Kier alpha value is -2.21. The lowest BCUT2D eigenvalue weighted by Crippen LogP contribution is -2.26. The number of anilines is 3. The maximum Gasteiger partial charge on any atom is 0.135 e. The fourth-order valence-corrected chi connectivity index (χ4v) is 2.17. The first kappa shape index (κ1) is 11.9. The predicted octanol–water partition coefficient (Wildman–Crippen LogP) is 1.15. The summed E-state index contributed by atoms with van der Waals surface area (Å²) < 4.78 is 0. The molecule has 0 aromatic carbocycles. The summed E-state index contributed by atoms with van der Waals surface area (Å²) in [5.41, 5.74) is 6.87. The van der Waals surface area contributed by atoms with Crippen molar-refractivity contribution in [3.8, 4) is 0 Å². The Balaban J connectivity index is 1.76. The minimum absolute atomic E-state index is 0.242. The molecule has 0 amide bonds. The van der Waals surface area contributed by atoms with E-state index in [2.05, 4.69) is 25.2 Å². The van der Waals surface area contributed by atoms with Gasteiger partial charge in [-0.15, -0.1) is 0 Å². The summed E-state index contributed by atoms with van der Waals surface area (Å²) in [4.78, 5) is 14.7. The lowest BCUT2D eigenvalue weighted by molar-refractivity contribution is 0.751. The Labute approximate surface area is 111 Å². The number of nitrogens with zero attached hydrogens (tertiary/aromatic N) is 4. The zero-order valence-corrected chi connectivity index (χ0v) is 10.5. The molecule has 19 heavy (non-hydrogen) atoms. The van der Waals surface area contributed by atoms with Crippen LogP contribution in [0, 0.1) is 0 Å². The summed E-state index contributed by atoms with van der Waals surface area (Å²) >= 11 is 0. The number of hydrogen-bond donors (Lipinski definition) is 2.